The summed E-state index contributed by atoms with van der Waals surface area (Å²) in [5.41, 5.74) is 2.46. The Morgan fingerprint density at radius 3 is 2.71 bits per heavy atom. The van der Waals surface area contributed by atoms with E-state index in [1.807, 2.05) is 30.3 Å². The lowest BCUT2D eigenvalue weighted by molar-refractivity contribution is 0.113. The lowest BCUT2D eigenvalue weighted by Crippen LogP contribution is -2.39. The molecule has 1 fully saturated rings. The van der Waals surface area contributed by atoms with E-state index in [-0.39, 0.29) is 18.0 Å². The van der Waals surface area contributed by atoms with Crippen molar-refractivity contribution in [3.05, 3.63) is 64.5 Å². The Labute approximate surface area is 163 Å². The summed E-state index contributed by atoms with van der Waals surface area (Å²) in [4.78, 5) is 14.5. The van der Waals surface area contributed by atoms with Gasteiger partial charge in [-0.2, -0.15) is 0 Å². The number of piperidine rings is 1. The number of hydrogen-bond acceptors (Lipinski definition) is 5. The van der Waals surface area contributed by atoms with Crippen LogP contribution in [0.1, 0.15) is 31.2 Å². The predicted molar refractivity (Wildman–Crippen MR) is 109 cm³/mol. The number of hydrogen-bond donors (Lipinski definition) is 2. The van der Waals surface area contributed by atoms with Crippen molar-refractivity contribution in [2.45, 2.75) is 38.3 Å². The highest BCUT2D eigenvalue weighted by Crippen LogP contribution is 2.34. The van der Waals surface area contributed by atoms with Gasteiger partial charge in [-0.3, -0.25) is 4.90 Å². The Hall–Kier alpha value is -2.63. The van der Waals surface area contributed by atoms with Crippen molar-refractivity contribution in [2.75, 3.05) is 13.2 Å². The van der Waals surface area contributed by atoms with Gasteiger partial charge in [0, 0.05) is 36.2 Å². The number of aliphatic hydroxyl groups is 1. The molecule has 0 bridgehead atoms. The highest BCUT2D eigenvalue weighted by molar-refractivity contribution is 5.88. The summed E-state index contributed by atoms with van der Waals surface area (Å²) in [6, 6.07) is 14.8. The van der Waals surface area contributed by atoms with Gasteiger partial charge < -0.3 is 14.6 Å². The van der Waals surface area contributed by atoms with Crippen LogP contribution in [-0.4, -0.2) is 34.3 Å². The fraction of sp³-hybridized carbons (Fsp3) is 0.348. The standard InChI is InChI=1S/C23H25NO4/c25-11-9-18-8-4-5-10-24(18)15-17-12-23(27)28-22-14-19(21(26)13-20(17)22)16-6-2-1-3-7-16/h1-3,6-7,12-14,18,25-26H,4-5,8-11,15H2. The SMILES string of the molecule is O=c1cc(CN2CCCCC2CCO)c2cc(O)c(-c3ccccc3)cc2o1. The molecule has 1 saturated heterocycles. The minimum atomic E-state index is -0.386. The predicted octanol–water partition coefficient (Wildman–Crippen LogP) is 3.90. The molecule has 3 aromatic rings. The highest BCUT2D eigenvalue weighted by atomic mass is 16.4. The van der Waals surface area contributed by atoms with Crippen LogP contribution in [-0.2, 0) is 6.54 Å². The molecule has 0 radical (unpaired) electrons. The maximum absolute atomic E-state index is 12.2. The van der Waals surface area contributed by atoms with E-state index in [9.17, 15) is 15.0 Å². The molecule has 1 aliphatic rings. The van der Waals surface area contributed by atoms with Crippen LogP contribution in [0.4, 0.5) is 0 Å². The molecule has 28 heavy (non-hydrogen) atoms. The van der Waals surface area contributed by atoms with Crippen LogP contribution in [0, 0.1) is 0 Å². The summed E-state index contributed by atoms with van der Waals surface area (Å²) in [5, 5.41) is 20.8. The van der Waals surface area contributed by atoms with Crippen LogP contribution < -0.4 is 5.63 Å². The monoisotopic (exact) mass is 379 g/mol. The molecule has 1 aromatic heterocycles. The second kappa shape index (κ2) is 8.17. The average molecular weight is 379 g/mol. The van der Waals surface area contributed by atoms with E-state index in [4.69, 9.17) is 4.42 Å². The number of rotatable bonds is 5. The lowest BCUT2D eigenvalue weighted by Gasteiger charge is -2.35. The van der Waals surface area contributed by atoms with Gasteiger partial charge in [0.15, 0.2) is 0 Å². The van der Waals surface area contributed by atoms with Crippen molar-refractivity contribution in [3.8, 4) is 16.9 Å². The zero-order chi connectivity index (χ0) is 19.5. The number of likely N-dealkylation sites (tertiary alicyclic amines) is 1. The maximum Gasteiger partial charge on any atom is 0.336 e. The number of nitrogens with zero attached hydrogens (tertiary/aromatic N) is 1. The second-order valence-corrected chi connectivity index (χ2v) is 7.45. The normalized spacial score (nSPS) is 17.8. The quantitative estimate of drug-likeness (QED) is 0.658. The minimum absolute atomic E-state index is 0.166. The first kappa shape index (κ1) is 18.7. The summed E-state index contributed by atoms with van der Waals surface area (Å²) in [5.74, 6) is 0.166. The molecule has 0 amide bonds. The highest BCUT2D eigenvalue weighted by Gasteiger charge is 2.23. The molecule has 0 saturated carbocycles. The van der Waals surface area contributed by atoms with E-state index in [1.165, 1.54) is 12.5 Å². The number of aromatic hydroxyl groups is 1. The summed E-state index contributed by atoms with van der Waals surface area (Å²) in [6.07, 6.45) is 4.08. The van der Waals surface area contributed by atoms with Crippen LogP contribution in [0.5, 0.6) is 5.75 Å². The molecule has 0 aliphatic carbocycles. The van der Waals surface area contributed by atoms with Gasteiger partial charge in [0.1, 0.15) is 11.3 Å². The smallest absolute Gasteiger partial charge is 0.336 e. The molecule has 5 nitrogen and oxygen atoms in total. The Bertz CT molecular complexity index is 1010. The van der Waals surface area contributed by atoms with E-state index in [1.54, 1.807) is 12.1 Å². The molecule has 1 atom stereocenters. The van der Waals surface area contributed by atoms with Gasteiger partial charge in [-0.25, -0.2) is 4.79 Å². The summed E-state index contributed by atoms with van der Waals surface area (Å²) in [7, 11) is 0. The van der Waals surface area contributed by atoms with Crippen LogP contribution in [0.2, 0.25) is 0 Å². The molecule has 2 heterocycles. The summed E-state index contributed by atoms with van der Waals surface area (Å²) < 4.78 is 5.46. The van der Waals surface area contributed by atoms with Gasteiger partial charge in [0.25, 0.3) is 0 Å². The molecular weight excluding hydrogens is 354 g/mol. The Morgan fingerprint density at radius 1 is 1.11 bits per heavy atom. The topological polar surface area (TPSA) is 73.9 Å². The van der Waals surface area contributed by atoms with E-state index in [2.05, 4.69) is 4.90 Å². The Balaban J connectivity index is 1.75. The second-order valence-electron chi connectivity index (χ2n) is 7.45. The van der Waals surface area contributed by atoms with E-state index >= 15 is 0 Å². The number of aliphatic hydroxyl groups excluding tert-OH is 1. The maximum atomic E-state index is 12.2. The van der Waals surface area contributed by atoms with Gasteiger partial charge in [-0.05, 0) is 49.1 Å². The lowest BCUT2D eigenvalue weighted by atomic mass is 9.97. The van der Waals surface area contributed by atoms with E-state index < -0.39 is 0 Å². The molecule has 146 valence electrons. The van der Waals surface area contributed by atoms with Crippen molar-refractivity contribution in [1.29, 1.82) is 0 Å². The number of benzene rings is 2. The third kappa shape index (κ3) is 3.81. The van der Waals surface area contributed by atoms with Crippen molar-refractivity contribution < 1.29 is 14.6 Å². The first-order chi connectivity index (χ1) is 13.7. The summed E-state index contributed by atoms with van der Waals surface area (Å²) >= 11 is 0. The van der Waals surface area contributed by atoms with Crippen LogP contribution in [0.3, 0.4) is 0 Å². The van der Waals surface area contributed by atoms with Crippen molar-refractivity contribution >= 4 is 11.0 Å². The molecule has 2 aromatic carbocycles. The fourth-order valence-corrected chi connectivity index (χ4v) is 4.20. The Kier molecular flexibility index (Phi) is 5.46. The van der Waals surface area contributed by atoms with Crippen LogP contribution in [0.25, 0.3) is 22.1 Å². The van der Waals surface area contributed by atoms with Crippen molar-refractivity contribution in [3.63, 3.8) is 0 Å². The van der Waals surface area contributed by atoms with Crippen LogP contribution >= 0.6 is 0 Å². The number of phenols is 1. The third-order valence-corrected chi connectivity index (χ3v) is 5.62. The molecule has 0 spiro atoms. The molecule has 5 heteroatoms. The average Bonchev–Trinajstić information content (AvgIpc) is 2.70. The zero-order valence-electron chi connectivity index (χ0n) is 15.8. The van der Waals surface area contributed by atoms with Crippen LogP contribution in [0.15, 0.2) is 57.7 Å². The Morgan fingerprint density at radius 2 is 1.93 bits per heavy atom. The fourth-order valence-electron chi connectivity index (χ4n) is 4.20. The third-order valence-electron chi connectivity index (χ3n) is 5.62. The van der Waals surface area contributed by atoms with Gasteiger partial charge in [0.2, 0.25) is 0 Å². The first-order valence-electron chi connectivity index (χ1n) is 9.86. The van der Waals surface area contributed by atoms with Gasteiger partial charge in [0.05, 0.1) is 0 Å². The summed E-state index contributed by atoms with van der Waals surface area (Å²) in [6.45, 7) is 1.72. The molecular formula is C23H25NO4. The molecule has 4 rings (SSSR count). The first-order valence-corrected chi connectivity index (χ1v) is 9.86. The van der Waals surface area contributed by atoms with Crippen molar-refractivity contribution in [2.24, 2.45) is 0 Å². The zero-order valence-corrected chi connectivity index (χ0v) is 15.8. The number of phenolic OH excluding ortho intramolecular Hbond substituents is 1. The van der Waals surface area contributed by atoms with E-state index in [0.29, 0.717) is 23.7 Å². The largest absolute Gasteiger partial charge is 0.507 e. The minimum Gasteiger partial charge on any atom is -0.507 e. The van der Waals surface area contributed by atoms with Gasteiger partial charge in [-0.15, -0.1) is 0 Å². The number of fused-ring (bicyclic) bond motifs is 1. The molecule has 1 aliphatic heterocycles. The molecule has 2 N–H and O–H groups in total. The van der Waals surface area contributed by atoms with Gasteiger partial charge in [-0.1, -0.05) is 36.8 Å². The molecule has 1 unspecified atom stereocenters. The van der Waals surface area contributed by atoms with E-state index in [0.717, 1.165) is 42.3 Å². The van der Waals surface area contributed by atoms with Crippen molar-refractivity contribution in [1.82, 2.24) is 4.90 Å². The van der Waals surface area contributed by atoms with Gasteiger partial charge >= 0.3 is 5.63 Å².